The molecular weight excluding hydrogens is 392 g/mol. The van der Waals surface area contributed by atoms with Crippen LogP contribution in [0.25, 0.3) is 0 Å². The summed E-state index contributed by atoms with van der Waals surface area (Å²) in [5, 5.41) is 4.24. The minimum absolute atomic E-state index is 0.0248. The number of nitrogens with zero attached hydrogens (tertiary/aromatic N) is 5. The van der Waals surface area contributed by atoms with E-state index in [9.17, 15) is 9.59 Å². The number of aryl methyl sites for hydroxylation is 1. The predicted octanol–water partition coefficient (Wildman–Crippen LogP) is 2.48. The van der Waals surface area contributed by atoms with Gasteiger partial charge in [-0.15, -0.1) is 0 Å². The smallest absolute Gasteiger partial charge is 0.257 e. The number of aromatic amines is 1. The van der Waals surface area contributed by atoms with Gasteiger partial charge in [-0.05, 0) is 45.4 Å². The van der Waals surface area contributed by atoms with Crippen LogP contribution in [0.1, 0.15) is 84.1 Å². The quantitative estimate of drug-likeness (QED) is 0.818. The average Bonchev–Trinajstić information content (AvgIpc) is 3.44. The maximum Gasteiger partial charge on any atom is 0.257 e. The lowest BCUT2D eigenvalue weighted by Crippen LogP contribution is -2.43. The summed E-state index contributed by atoms with van der Waals surface area (Å²) in [4.78, 5) is 38.7. The number of carbonyl (C=O) groups is 1. The van der Waals surface area contributed by atoms with Crippen LogP contribution < -0.4 is 5.56 Å². The highest BCUT2D eigenvalue weighted by atomic mass is 16.2. The van der Waals surface area contributed by atoms with Crippen molar-refractivity contribution in [3.8, 4) is 0 Å². The van der Waals surface area contributed by atoms with E-state index in [-0.39, 0.29) is 17.5 Å². The summed E-state index contributed by atoms with van der Waals surface area (Å²) in [5.41, 5.74) is 3.19. The van der Waals surface area contributed by atoms with Gasteiger partial charge < -0.3 is 9.88 Å². The van der Waals surface area contributed by atoms with Gasteiger partial charge in [0.25, 0.3) is 11.5 Å². The standard InChI is InChI=1S/C23H32N6O2/c1-15-18(13-24-27(15)2)23(31)29-11-6-5-9-20(29)21-25-19-14-28(16-7-3-4-8-16)12-10-17(19)22(30)26-21/h13,16,20H,3-12,14H2,1-2H3,(H,25,26,30). The molecule has 1 amide bonds. The zero-order chi connectivity index (χ0) is 21.5. The van der Waals surface area contributed by atoms with Crippen LogP contribution in [0, 0.1) is 6.92 Å². The van der Waals surface area contributed by atoms with Crippen molar-refractivity contribution in [3.63, 3.8) is 0 Å². The Bertz CT molecular complexity index is 1040. The fourth-order valence-electron chi connectivity index (χ4n) is 5.54. The molecule has 2 aromatic heterocycles. The number of likely N-dealkylation sites (tertiary alicyclic amines) is 1. The van der Waals surface area contributed by atoms with E-state index in [1.165, 1.54) is 25.7 Å². The summed E-state index contributed by atoms with van der Waals surface area (Å²) < 4.78 is 1.73. The van der Waals surface area contributed by atoms with Crippen molar-refractivity contribution >= 4 is 5.91 Å². The molecular formula is C23H32N6O2. The maximum absolute atomic E-state index is 13.4. The second-order valence-electron chi connectivity index (χ2n) is 9.31. The van der Waals surface area contributed by atoms with Gasteiger partial charge in [0.1, 0.15) is 5.82 Å². The first-order valence-corrected chi connectivity index (χ1v) is 11.7. The van der Waals surface area contributed by atoms with Crippen LogP contribution in [-0.2, 0) is 20.0 Å². The Morgan fingerprint density at radius 3 is 2.65 bits per heavy atom. The molecule has 1 N–H and O–H groups in total. The lowest BCUT2D eigenvalue weighted by molar-refractivity contribution is 0.0597. The van der Waals surface area contributed by atoms with E-state index in [1.54, 1.807) is 10.9 Å². The third-order valence-corrected chi connectivity index (χ3v) is 7.51. The van der Waals surface area contributed by atoms with Crippen molar-refractivity contribution in [2.75, 3.05) is 13.1 Å². The summed E-state index contributed by atoms with van der Waals surface area (Å²) in [5.74, 6) is 0.620. The van der Waals surface area contributed by atoms with Gasteiger partial charge in [-0.2, -0.15) is 5.10 Å². The zero-order valence-corrected chi connectivity index (χ0v) is 18.6. The first-order chi connectivity index (χ1) is 15.0. The van der Waals surface area contributed by atoms with E-state index in [0.29, 0.717) is 24.0 Å². The van der Waals surface area contributed by atoms with Crippen LogP contribution in [0.15, 0.2) is 11.0 Å². The van der Waals surface area contributed by atoms with Crippen molar-refractivity contribution in [2.24, 2.45) is 7.05 Å². The summed E-state index contributed by atoms with van der Waals surface area (Å²) in [7, 11) is 1.85. The number of carbonyl (C=O) groups excluding carboxylic acids is 1. The molecule has 31 heavy (non-hydrogen) atoms. The molecule has 166 valence electrons. The molecule has 1 saturated carbocycles. The summed E-state index contributed by atoms with van der Waals surface area (Å²) >= 11 is 0. The number of aromatic nitrogens is 4. The Hall–Kier alpha value is -2.48. The van der Waals surface area contributed by atoms with Gasteiger partial charge in [0.15, 0.2) is 0 Å². The number of hydrogen-bond donors (Lipinski definition) is 1. The summed E-state index contributed by atoms with van der Waals surface area (Å²) in [6, 6.07) is 0.430. The van der Waals surface area contributed by atoms with Gasteiger partial charge in [0, 0.05) is 44.0 Å². The van der Waals surface area contributed by atoms with Crippen molar-refractivity contribution in [3.05, 3.63) is 44.9 Å². The molecule has 8 heteroatoms. The fourth-order valence-corrected chi connectivity index (χ4v) is 5.54. The minimum Gasteiger partial charge on any atom is -0.328 e. The van der Waals surface area contributed by atoms with Crippen molar-refractivity contribution in [2.45, 2.75) is 76.9 Å². The molecule has 5 rings (SSSR count). The summed E-state index contributed by atoms with van der Waals surface area (Å²) in [6.45, 7) is 4.28. The minimum atomic E-state index is -0.194. The SMILES string of the molecule is Cc1c(C(=O)N2CCCCC2c2nc3c(c(=O)[nH]2)CCN(C2CCCC2)C3)cnn1C. The molecule has 4 heterocycles. The fraction of sp³-hybridized carbons (Fsp3) is 0.652. The highest BCUT2D eigenvalue weighted by Crippen LogP contribution is 2.32. The molecule has 3 aliphatic rings. The maximum atomic E-state index is 13.4. The number of fused-ring (bicyclic) bond motifs is 1. The van der Waals surface area contributed by atoms with Crippen molar-refractivity contribution in [1.29, 1.82) is 0 Å². The Kier molecular flexibility index (Phi) is 5.42. The molecule has 1 unspecified atom stereocenters. The van der Waals surface area contributed by atoms with Gasteiger partial charge in [-0.25, -0.2) is 4.98 Å². The monoisotopic (exact) mass is 424 g/mol. The first kappa shape index (κ1) is 20.4. The highest BCUT2D eigenvalue weighted by molar-refractivity contribution is 5.95. The van der Waals surface area contributed by atoms with Crippen LogP contribution >= 0.6 is 0 Å². The third kappa shape index (κ3) is 3.71. The van der Waals surface area contributed by atoms with Crippen molar-refractivity contribution < 1.29 is 4.79 Å². The van der Waals surface area contributed by atoms with Crippen LogP contribution in [0.3, 0.4) is 0 Å². The van der Waals surface area contributed by atoms with Gasteiger partial charge in [-0.3, -0.25) is 19.2 Å². The Morgan fingerprint density at radius 2 is 1.90 bits per heavy atom. The highest BCUT2D eigenvalue weighted by Gasteiger charge is 2.34. The number of H-pyrrole nitrogens is 1. The van der Waals surface area contributed by atoms with E-state index in [2.05, 4.69) is 15.0 Å². The lowest BCUT2D eigenvalue weighted by atomic mass is 9.99. The molecule has 1 saturated heterocycles. The van der Waals surface area contributed by atoms with E-state index in [1.807, 2.05) is 18.9 Å². The Balaban J connectivity index is 1.45. The van der Waals surface area contributed by atoms with Gasteiger partial charge >= 0.3 is 0 Å². The van der Waals surface area contributed by atoms with Gasteiger partial charge in [0.2, 0.25) is 0 Å². The first-order valence-electron chi connectivity index (χ1n) is 11.7. The Morgan fingerprint density at radius 1 is 1.13 bits per heavy atom. The second-order valence-corrected chi connectivity index (χ2v) is 9.31. The second kappa shape index (κ2) is 8.22. The number of amides is 1. The van der Waals surface area contributed by atoms with Gasteiger partial charge in [0.05, 0.1) is 23.5 Å². The summed E-state index contributed by atoms with van der Waals surface area (Å²) in [6.07, 6.45) is 10.3. The van der Waals surface area contributed by atoms with E-state index < -0.39 is 0 Å². The molecule has 2 aliphatic heterocycles. The molecule has 2 aromatic rings. The molecule has 2 fully saturated rings. The van der Waals surface area contributed by atoms with Crippen LogP contribution in [-0.4, -0.2) is 54.6 Å². The molecule has 0 aromatic carbocycles. The predicted molar refractivity (Wildman–Crippen MR) is 117 cm³/mol. The van der Waals surface area contributed by atoms with E-state index >= 15 is 0 Å². The lowest BCUT2D eigenvalue weighted by Gasteiger charge is -2.36. The van der Waals surface area contributed by atoms with Crippen LogP contribution in [0.2, 0.25) is 0 Å². The van der Waals surface area contributed by atoms with Gasteiger partial charge in [-0.1, -0.05) is 12.8 Å². The van der Waals surface area contributed by atoms with Crippen LogP contribution in [0.4, 0.5) is 0 Å². The largest absolute Gasteiger partial charge is 0.328 e. The molecule has 0 radical (unpaired) electrons. The van der Waals surface area contributed by atoms with Crippen LogP contribution in [0.5, 0.6) is 0 Å². The normalized spacial score (nSPS) is 22.6. The number of rotatable bonds is 3. The van der Waals surface area contributed by atoms with Crippen molar-refractivity contribution in [1.82, 2.24) is 29.5 Å². The molecule has 8 nitrogen and oxygen atoms in total. The molecule has 1 atom stereocenters. The molecule has 0 spiro atoms. The third-order valence-electron chi connectivity index (χ3n) is 7.51. The molecule has 1 aliphatic carbocycles. The number of hydrogen-bond acceptors (Lipinski definition) is 5. The number of piperidine rings is 1. The Labute approximate surface area is 182 Å². The molecule has 0 bridgehead atoms. The van der Waals surface area contributed by atoms with E-state index in [4.69, 9.17) is 4.98 Å². The zero-order valence-electron chi connectivity index (χ0n) is 18.6. The van der Waals surface area contributed by atoms with E-state index in [0.717, 1.165) is 55.7 Å². The average molecular weight is 425 g/mol. The topological polar surface area (TPSA) is 87.1 Å². The number of nitrogens with one attached hydrogen (secondary N) is 1.